The molecule has 3 aromatic rings. The molecule has 1 fully saturated rings. The SMILES string of the molecule is Cc1nnc(-c2ccc(CNC(=O)CCOCCOCCOCCOCCOCCOCCOCCC(=O)Nc3ccc(CC4NC(COC=O)CCC(COC=O)CNC4CC(=O)O)cc3)cc2)nn1. The van der Waals surface area contributed by atoms with Gasteiger partial charge in [0.25, 0.3) is 12.9 Å². The van der Waals surface area contributed by atoms with E-state index in [9.17, 15) is 29.1 Å². The highest BCUT2D eigenvalue weighted by molar-refractivity contribution is 5.90. The fourth-order valence-corrected chi connectivity index (χ4v) is 7.12. The van der Waals surface area contributed by atoms with Crippen LogP contribution < -0.4 is 21.3 Å². The van der Waals surface area contributed by atoms with Crippen LogP contribution in [0.15, 0.2) is 48.5 Å². The number of benzene rings is 2. The number of nitrogens with one attached hydrogen (secondary N) is 4. The van der Waals surface area contributed by atoms with Gasteiger partial charge >= 0.3 is 5.97 Å². The van der Waals surface area contributed by atoms with Gasteiger partial charge in [0, 0.05) is 54.8 Å². The molecule has 392 valence electrons. The minimum atomic E-state index is -0.964. The molecule has 71 heavy (non-hydrogen) atoms. The minimum absolute atomic E-state index is 0.0388. The number of carboxylic acid groups (broad SMARTS) is 1. The number of carbonyl (C=O) groups excluding carboxylic acids is 4. The number of rotatable bonds is 38. The summed E-state index contributed by atoms with van der Waals surface area (Å²) in [6.45, 7) is 8.98. The molecule has 2 heterocycles. The lowest BCUT2D eigenvalue weighted by Crippen LogP contribution is -2.54. The molecule has 23 heteroatoms. The predicted octanol–water partition coefficient (Wildman–Crippen LogP) is 1.45. The van der Waals surface area contributed by atoms with Gasteiger partial charge in [0.2, 0.25) is 17.6 Å². The molecule has 2 aromatic carbocycles. The van der Waals surface area contributed by atoms with E-state index in [0.717, 1.165) is 16.7 Å². The number of anilines is 1. The van der Waals surface area contributed by atoms with Gasteiger partial charge in [-0.15, -0.1) is 20.4 Å². The van der Waals surface area contributed by atoms with E-state index in [1.165, 1.54) is 0 Å². The van der Waals surface area contributed by atoms with Crippen molar-refractivity contribution in [1.82, 2.24) is 36.3 Å². The predicted molar refractivity (Wildman–Crippen MR) is 255 cm³/mol. The third kappa shape index (κ3) is 26.4. The number of carboxylic acids is 1. The second kappa shape index (κ2) is 36.3. The Morgan fingerprint density at radius 3 is 1.68 bits per heavy atom. The largest absolute Gasteiger partial charge is 0.481 e. The van der Waals surface area contributed by atoms with E-state index < -0.39 is 12.0 Å². The molecular formula is C48H70N8O15. The Bertz CT molecular complexity index is 1940. The van der Waals surface area contributed by atoms with Gasteiger partial charge in [-0.05, 0) is 49.4 Å². The molecule has 1 saturated heterocycles. The zero-order chi connectivity index (χ0) is 50.6. The van der Waals surface area contributed by atoms with Crippen molar-refractivity contribution in [3.05, 3.63) is 65.5 Å². The number of hydrogen-bond donors (Lipinski definition) is 5. The van der Waals surface area contributed by atoms with Crippen molar-refractivity contribution in [2.24, 2.45) is 5.92 Å². The van der Waals surface area contributed by atoms with Gasteiger partial charge in [0.1, 0.15) is 6.61 Å². The first-order valence-corrected chi connectivity index (χ1v) is 23.9. The van der Waals surface area contributed by atoms with Crippen molar-refractivity contribution in [1.29, 1.82) is 0 Å². The van der Waals surface area contributed by atoms with Crippen LogP contribution in [0.3, 0.4) is 0 Å². The highest BCUT2D eigenvalue weighted by atomic mass is 16.6. The monoisotopic (exact) mass is 998 g/mol. The van der Waals surface area contributed by atoms with Gasteiger partial charge in [0.15, 0.2) is 5.82 Å². The van der Waals surface area contributed by atoms with Crippen molar-refractivity contribution in [2.75, 3.05) is 118 Å². The first-order valence-electron chi connectivity index (χ1n) is 23.9. The Morgan fingerprint density at radius 2 is 1.14 bits per heavy atom. The summed E-state index contributed by atoms with van der Waals surface area (Å²) >= 11 is 0. The molecule has 4 rings (SSSR count). The topological polar surface area (TPSA) is 288 Å². The Hall–Kier alpha value is -5.63. The molecule has 4 atom stereocenters. The van der Waals surface area contributed by atoms with Crippen LogP contribution in [0.5, 0.6) is 0 Å². The molecular weight excluding hydrogens is 929 g/mol. The van der Waals surface area contributed by atoms with Gasteiger partial charge in [-0.3, -0.25) is 24.0 Å². The minimum Gasteiger partial charge on any atom is -0.481 e. The summed E-state index contributed by atoms with van der Waals surface area (Å²) in [4.78, 5) is 58.3. The Balaban J connectivity index is 0.910. The van der Waals surface area contributed by atoms with E-state index in [4.69, 9.17) is 42.6 Å². The summed E-state index contributed by atoms with van der Waals surface area (Å²) in [7, 11) is 0. The van der Waals surface area contributed by atoms with Crippen LogP contribution >= 0.6 is 0 Å². The Labute approximate surface area is 414 Å². The van der Waals surface area contributed by atoms with E-state index in [-0.39, 0.29) is 68.9 Å². The Kier molecular flexibility index (Phi) is 29.6. The molecule has 0 bridgehead atoms. The number of amides is 2. The van der Waals surface area contributed by atoms with Crippen molar-refractivity contribution < 1.29 is 71.7 Å². The molecule has 23 nitrogen and oxygen atoms in total. The van der Waals surface area contributed by atoms with Crippen LogP contribution in [0.1, 0.15) is 49.1 Å². The highest BCUT2D eigenvalue weighted by Crippen LogP contribution is 2.19. The molecule has 1 aliphatic heterocycles. The third-order valence-electron chi connectivity index (χ3n) is 10.8. The maximum absolute atomic E-state index is 12.6. The molecule has 0 saturated carbocycles. The maximum atomic E-state index is 12.6. The Morgan fingerprint density at radius 1 is 0.634 bits per heavy atom. The molecule has 5 N–H and O–H groups in total. The normalized spacial score (nSPS) is 17.0. The van der Waals surface area contributed by atoms with Crippen LogP contribution in [-0.2, 0) is 79.6 Å². The second-order valence-corrected chi connectivity index (χ2v) is 16.4. The van der Waals surface area contributed by atoms with E-state index in [2.05, 4.69) is 41.7 Å². The first-order chi connectivity index (χ1) is 34.7. The van der Waals surface area contributed by atoms with Crippen LogP contribution in [0, 0.1) is 12.8 Å². The highest BCUT2D eigenvalue weighted by Gasteiger charge is 2.30. The van der Waals surface area contributed by atoms with E-state index in [1.54, 1.807) is 19.1 Å². The van der Waals surface area contributed by atoms with E-state index in [0.29, 0.717) is 149 Å². The summed E-state index contributed by atoms with van der Waals surface area (Å²) in [6.07, 6.45) is 2.02. The van der Waals surface area contributed by atoms with Gasteiger partial charge in [-0.2, -0.15) is 0 Å². The second-order valence-electron chi connectivity index (χ2n) is 16.4. The first kappa shape index (κ1) is 57.9. The number of hydrogen-bond acceptors (Lipinski definition) is 20. The van der Waals surface area contributed by atoms with Crippen LogP contribution in [-0.4, -0.2) is 187 Å². The lowest BCUT2D eigenvalue weighted by Gasteiger charge is -2.31. The third-order valence-corrected chi connectivity index (χ3v) is 10.8. The van der Waals surface area contributed by atoms with Crippen molar-refractivity contribution in [2.45, 2.75) is 70.1 Å². The van der Waals surface area contributed by atoms with Crippen LogP contribution in [0.2, 0.25) is 0 Å². The van der Waals surface area contributed by atoms with Gasteiger partial charge in [0.05, 0.1) is 112 Å². The smallest absolute Gasteiger partial charge is 0.304 e. The molecule has 0 radical (unpaired) electrons. The maximum Gasteiger partial charge on any atom is 0.304 e. The summed E-state index contributed by atoms with van der Waals surface area (Å²) in [5.41, 5.74) is 3.26. The molecule has 1 aliphatic rings. The number of ether oxygens (including phenoxy) is 9. The van der Waals surface area contributed by atoms with Gasteiger partial charge in [-0.1, -0.05) is 36.4 Å². The zero-order valence-electron chi connectivity index (χ0n) is 40.5. The van der Waals surface area contributed by atoms with Gasteiger partial charge in [-0.25, -0.2) is 0 Å². The summed E-state index contributed by atoms with van der Waals surface area (Å²) in [6, 6.07) is 13.8. The van der Waals surface area contributed by atoms with E-state index in [1.807, 2.05) is 36.4 Å². The van der Waals surface area contributed by atoms with E-state index >= 15 is 0 Å². The molecule has 0 spiro atoms. The average molecular weight is 999 g/mol. The molecule has 4 unspecified atom stereocenters. The number of nitrogens with zero attached hydrogens (tertiary/aromatic N) is 4. The van der Waals surface area contributed by atoms with Crippen molar-refractivity contribution in [3.63, 3.8) is 0 Å². The zero-order valence-corrected chi connectivity index (χ0v) is 40.5. The summed E-state index contributed by atoms with van der Waals surface area (Å²) in [5, 5.41) is 38.2. The molecule has 2 amide bonds. The number of carbonyl (C=O) groups is 5. The van der Waals surface area contributed by atoms with Crippen molar-refractivity contribution >= 4 is 36.4 Å². The molecule has 1 aromatic heterocycles. The van der Waals surface area contributed by atoms with Crippen molar-refractivity contribution in [3.8, 4) is 11.4 Å². The fraction of sp³-hybridized carbons (Fsp3) is 0.604. The summed E-state index contributed by atoms with van der Waals surface area (Å²) < 4.78 is 48.7. The lowest BCUT2D eigenvalue weighted by molar-refractivity contribution is -0.138. The number of aromatic nitrogens is 4. The average Bonchev–Trinajstić information content (AvgIpc) is 3.44. The van der Waals surface area contributed by atoms with Crippen LogP contribution in [0.25, 0.3) is 11.4 Å². The number of aliphatic carboxylic acids is 1. The quantitative estimate of drug-likeness (QED) is 0.0401. The lowest BCUT2D eigenvalue weighted by atomic mass is 9.95. The van der Waals surface area contributed by atoms with Crippen LogP contribution in [0.4, 0.5) is 5.69 Å². The fourth-order valence-electron chi connectivity index (χ4n) is 7.12. The standard InChI is InChI=1S/C48H70N8O15/c1-36-53-55-48(56-54-36)40-7-2-38(3-8-40)30-50-45(59)12-14-63-16-18-65-20-22-67-24-26-69-27-25-68-23-21-66-19-17-64-15-13-46(60)52-41-9-4-37(5-10-41)28-44-43(29-47(61)62)49-31-39(32-70-34-57)6-11-42(51-44)33-71-35-58/h2-5,7-10,34-35,39,42-44,49,51H,6,11-33H2,1H3,(H,50,59)(H,52,60)(H,61,62). The number of aryl methyl sites for hydroxylation is 1. The van der Waals surface area contributed by atoms with Gasteiger partial charge < -0.3 is 69.0 Å². The summed E-state index contributed by atoms with van der Waals surface area (Å²) in [5.74, 6) is -0.365. The molecule has 0 aliphatic carbocycles.